The van der Waals surface area contributed by atoms with Crippen LogP contribution in [-0.4, -0.2) is 44.1 Å². The molecule has 1 aromatic rings. The van der Waals surface area contributed by atoms with Crippen molar-refractivity contribution in [1.82, 2.24) is 10.2 Å². The van der Waals surface area contributed by atoms with Gasteiger partial charge in [0.25, 0.3) is 0 Å². The number of carbonyl (C=O) groups is 1. The number of ether oxygens (including phenoxy) is 1. The second-order valence-corrected chi connectivity index (χ2v) is 6.20. The third kappa shape index (κ3) is 4.62. The number of rotatable bonds is 6. The lowest BCUT2D eigenvalue weighted by Gasteiger charge is -2.32. The fourth-order valence-electron chi connectivity index (χ4n) is 2.89. The number of halogens is 1. The van der Waals surface area contributed by atoms with E-state index in [0.717, 1.165) is 50.3 Å². The van der Waals surface area contributed by atoms with Crippen LogP contribution < -0.4 is 10.1 Å². The van der Waals surface area contributed by atoms with Gasteiger partial charge in [-0.05, 0) is 50.0 Å². The van der Waals surface area contributed by atoms with Crippen molar-refractivity contribution in [3.63, 3.8) is 0 Å². The van der Waals surface area contributed by atoms with Crippen LogP contribution in [0.25, 0.3) is 0 Å². The van der Waals surface area contributed by atoms with Gasteiger partial charge in [-0.1, -0.05) is 18.5 Å². The highest BCUT2D eigenvalue weighted by molar-refractivity contribution is 6.30. The Kier molecular flexibility index (Phi) is 6.52. The first-order valence-electron chi connectivity index (χ1n) is 7.95. The zero-order valence-electron chi connectivity index (χ0n) is 13.4. The highest BCUT2D eigenvalue weighted by Crippen LogP contribution is 2.24. The van der Waals surface area contributed by atoms with Crippen molar-refractivity contribution in [3.8, 4) is 5.75 Å². The van der Waals surface area contributed by atoms with E-state index in [9.17, 15) is 4.79 Å². The molecule has 1 saturated heterocycles. The van der Waals surface area contributed by atoms with Gasteiger partial charge < -0.3 is 15.0 Å². The molecular weight excluding hydrogens is 300 g/mol. The van der Waals surface area contributed by atoms with Crippen molar-refractivity contribution in [3.05, 3.63) is 28.8 Å². The molecule has 1 aromatic carbocycles. The third-order valence-corrected chi connectivity index (χ3v) is 4.47. The minimum Gasteiger partial charge on any atom is -0.496 e. The highest BCUT2D eigenvalue weighted by Gasteiger charge is 2.23. The lowest BCUT2D eigenvalue weighted by atomic mass is 9.96. The molecule has 1 aliphatic heterocycles. The fourth-order valence-corrected chi connectivity index (χ4v) is 3.09. The Labute approximate surface area is 137 Å². The monoisotopic (exact) mass is 324 g/mol. The van der Waals surface area contributed by atoms with Gasteiger partial charge in [-0.15, -0.1) is 0 Å². The predicted octanol–water partition coefficient (Wildman–Crippen LogP) is 2.74. The topological polar surface area (TPSA) is 41.6 Å². The van der Waals surface area contributed by atoms with Crippen LogP contribution in [0.15, 0.2) is 18.2 Å². The van der Waals surface area contributed by atoms with Gasteiger partial charge in [0.15, 0.2) is 0 Å². The summed E-state index contributed by atoms with van der Waals surface area (Å²) < 4.78 is 5.31. The molecule has 0 saturated carbocycles. The number of piperidine rings is 1. The van der Waals surface area contributed by atoms with Crippen molar-refractivity contribution >= 4 is 17.5 Å². The molecule has 0 atom stereocenters. The molecule has 0 bridgehead atoms. The molecule has 1 amide bonds. The van der Waals surface area contributed by atoms with Crippen LogP contribution in [0.4, 0.5) is 0 Å². The smallest absolute Gasteiger partial charge is 0.227 e. The van der Waals surface area contributed by atoms with E-state index in [0.29, 0.717) is 17.4 Å². The summed E-state index contributed by atoms with van der Waals surface area (Å²) in [5.41, 5.74) is 0.856. The molecule has 1 aliphatic rings. The number of amides is 1. The van der Waals surface area contributed by atoms with Crippen LogP contribution in [0.5, 0.6) is 5.75 Å². The SMILES string of the molecule is CCNCC1CCN(C(=O)Cc2cc(Cl)ccc2OC)CC1. The summed E-state index contributed by atoms with van der Waals surface area (Å²) in [6.07, 6.45) is 2.50. The van der Waals surface area contributed by atoms with Crippen LogP contribution in [-0.2, 0) is 11.2 Å². The van der Waals surface area contributed by atoms with E-state index < -0.39 is 0 Å². The van der Waals surface area contributed by atoms with E-state index in [4.69, 9.17) is 16.3 Å². The number of hydrogen-bond acceptors (Lipinski definition) is 3. The zero-order valence-corrected chi connectivity index (χ0v) is 14.2. The summed E-state index contributed by atoms with van der Waals surface area (Å²) in [5.74, 6) is 1.56. The largest absolute Gasteiger partial charge is 0.496 e. The summed E-state index contributed by atoms with van der Waals surface area (Å²) in [6.45, 7) is 5.88. The number of carbonyl (C=O) groups excluding carboxylic acids is 1. The van der Waals surface area contributed by atoms with Gasteiger partial charge in [0.05, 0.1) is 13.5 Å². The Morgan fingerprint density at radius 2 is 2.14 bits per heavy atom. The molecule has 1 heterocycles. The molecule has 0 unspecified atom stereocenters. The average molecular weight is 325 g/mol. The first kappa shape index (κ1) is 17.1. The molecular formula is C17H25ClN2O2. The van der Waals surface area contributed by atoms with E-state index in [-0.39, 0.29) is 5.91 Å². The van der Waals surface area contributed by atoms with Gasteiger partial charge in [0.2, 0.25) is 5.91 Å². The molecule has 0 aromatic heterocycles. The minimum atomic E-state index is 0.155. The molecule has 0 aliphatic carbocycles. The fraction of sp³-hybridized carbons (Fsp3) is 0.588. The maximum absolute atomic E-state index is 12.5. The Morgan fingerprint density at radius 3 is 2.77 bits per heavy atom. The van der Waals surface area contributed by atoms with Gasteiger partial charge in [-0.25, -0.2) is 0 Å². The Hall–Kier alpha value is -1.26. The third-order valence-electron chi connectivity index (χ3n) is 4.23. The Morgan fingerprint density at radius 1 is 1.41 bits per heavy atom. The highest BCUT2D eigenvalue weighted by atomic mass is 35.5. The first-order chi connectivity index (χ1) is 10.6. The maximum Gasteiger partial charge on any atom is 0.227 e. The summed E-state index contributed by atoms with van der Waals surface area (Å²) >= 11 is 6.02. The maximum atomic E-state index is 12.5. The van der Waals surface area contributed by atoms with Crippen molar-refractivity contribution in [2.75, 3.05) is 33.3 Å². The summed E-state index contributed by atoms with van der Waals surface area (Å²) in [7, 11) is 1.61. The minimum absolute atomic E-state index is 0.155. The van der Waals surface area contributed by atoms with E-state index >= 15 is 0 Å². The lowest BCUT2D eigenvalue weighted by Crippen LogP contribution is -2.41. The molecule has 1 N–H and O–H groups in total. The first-order valence-corrected chi connectivity index (χ1v) is 8.32. The summed E-state index contributed by atoms with van der Waals surface area (Å²) in [5, 5.41) is 4.02. The molecule has 1 fully saturated rings. The average Bonchev–Trinajstić information content (AvgIpc) is 2.53. The number of nitrogens with one attached hydrogen (secondary N) is 1. The Balaban J connectivity index is 1.90. The molecule has 4 nitrogen and oxygen atoms in total. The number of likely N-dealkylation sites (tertiary alicyclic amines) is 1. The second-order valence-electron chi connectivity index (χ2n) is 5.76. The molecule has 22 heavy (non-hydrogen) atoms. The van der Waals surface area contributed by atoms with E-state index in [2.05, 4.69) is 12.2 Å². The van der Waals surface area contributed by atoms with Crippen molar-refractivity contribution in [2.24, 2.45) is 5.92 Å². The van der Waals surface area contributed by atoms with Crippen LogP contribution in [0.2, 0.25) is 5.02 Å². The van der Waals surface area contributed by atoms with Gasteiger partial charge in [-0.2, -0.15) is 0 Å². The van der Waals surface area contributed by atoms with Gasteiger partial charge in [-0.3, -0.25) is 4.79 Å². The van der Waals surface area contributed by atoms with Crippen molar-refractivity contribution < 1.29 is 9.53 Å². The van der Waals surface area contributed by atoms with Gasteiger partial charge in [0.1, 0.15) is 5.75 Å². The van der Waals surface area contributed by atoms with Crippen molar-refractivity contribution in [1.29, 1.82) is 0 Å². The van der Waals surface area contributed by atoms with Gasteiger partial charge in [0, 0.05) is 23.7 Å². The van der Waals surface area contributed by atoms with Crippen LogP contribution in [0.3, 0.4) is 0 Å². The second kappa shape index (κ2) is 8.39. The van der Waals surface area contributed by atoms with Crippen LogP contribution in [0, 0.1) is 5.92 Å². The van der Waals surface area contributed by atoms with E-state index in [1.807, 2.05) is 17.0 Å². The summed E-state index contributed by atoms with van der Waals surface area (Å²) in [6, 6.07) is 5.41. The molecule has 2 rings (SSSR count). The number of benzene rings is 1. The predicted molar refractivity (Wildman–Crippen MR) is 89.6 cm³/mol. The lowest BCUT2D eigenvalue weighted by molar-refractivity contribution is -0.131. The zero-order chi connectivity index (χ0) is 15.9. The van der Waals surface area contributed by atoms with E-state index in [1.54, 1.807) is 13.2 Å². The molecule has 0 spiro atoms. The standard InChI is InChI=1S/C17H25ClN2O2/c1-3-19-12-13-6-8-20(9-7-13)17(21)11-14-10-15(18)4-5-16(14)22-2/h4-5,10,13,19H,3,6-9,11-12H2,1-2H3. The number of nitrogens with zero attached hydrogens (tertiary/aromatic N) is 1. The summed E-state index contributed by atoms with van der Waals surface area (Å²) in [4.78, 5) is 14.4. The van der Waals surface area contributed by atoms with E-state index in [1.165, 1.54) is 0 Å². The Bertz CT molecular complexity index is 499. The quantitative estimate of drug-likeness (QED) is 0.875. The number of methoxy groups -OCH3 is 1. The van der Waals surface area contributed by atoms with Gasteiger partial charge >= 0.3 is 0 Å². The van der Waals surface area contributed by atoms with Crippen molar-refractivity contribution in [2.45, 2.75) is 26.2 Å². The number of hydrogen-bond donors (Lipinski definition) is 1. The van der Waals surface area contributed by atoms with Crippen LogP contribution >= 0.6 is 11.6 Å². The molecule has 122 valence electrons. The molecule has 5 heteroatoms. The normalized spacial score (nSPS) is 15.9. The molecule has 0 radical (unpaired) electrons. The van der Waals surface area contributed by atoms with Crippen LogP contribution in [0.1, 0.15) is 25.3 Å².